The largest absolute Gasteiger partial charge is 0.382 e. The van der Waals surface area contributed by atoms with E-state index in [-0.39, 0.29) is 36.6 Å². The van der Waals surface area contributed by atoms with Gasteiger partial charge in [-0.3, -0.25) is 0 Å². The van der Waals surface area contributed by atoms with E-state index >= 15 is 0 Å². The Balaban J connectivity index is 2.31. The van der Waals surface area contributed by atoms with Crippen LogP contribution in [-0.2, 0) is 37.9 Å². The van der Waals surface area contributed by atoms with Crippen LogP contribution in [0.15, 0.2) is 37.4 Å². The fourth-order valence-corrected chi connectivity index (χ4v) is 3.55. The molecule has 1 aromatic rings. The van der Waals surface area contributed by atoms with Crippen LogP contribution < -0.4 is 0 Å². The molecule has 0 amide bonds. The van der Waals surface area contributed by atoms with Crippen molar-refractivity contribution in [2.24, 2.45) is 0 Å². The molecule has 6 atom stereocenters. The molecule has 8 heteroatoms. The van der Waals surface area contributed by atoms with Crippen LogP contribution in [-0.4, -0.2) is 104 Å². The monoisotopic (exact) mass is 566 g/mol. The number of benzene rings is 1. The number of hydrogen-bond acceptors (Lipinski definition) is 8. The van der Waals surface area contributed by atoms with E-state index in [0.717, 1.165) is 22.3 Å². The van der Waals surface area contributed by atoms with Gasteiger partial charge in [-0.05, 0) is 63.8 Å². The van der Waals surface area contributed by atoms with Gasteiger partial charge >= 0.3 is 0 Å². The van der Waals surface area contributed by atoms with Crippen LogP contribution in [0.5, 0.6) is 0 Å². The average Bonchev–Trinajstić information content (AvgIpc) is 2.94. The summed E-state index contributed by atoms with van der Waals surface area (Å²) in [6.45, 7) is 24.3. The van der Waals surface area contributed by atoms with Gasteiger partial charge in [0.15, 0.2) is 0 Å². The number of methoxy groups -OCH3 is 2. The predicted octanol–water partition coefficient (Wildman–Crippen LogP) is 5.44. The number of hydrogen-bond donors (Lipinski definition) is 0. The van der Waals surface area contributed by atoms with Crippen molar-refractivity contribution in [3.8, 4) is 0 Å². The molecule has 0 aliphatic carbocycles. The highest BCUT2D eigenvalue weighted by Gasteiger charge is 2.12. The summed E-state index contributed by atoms with van der Waals surface area (Å²) in [5.41, 5.74) is 3.87. The minimum absolute atomic E-state index is 0.0213. The highest BCUT2D eigenvalue weighted by Crippen LogP contribution is 2.19. The highest BCUT2D eigenvalue weighted by atomic mass is 16.6. The van der Waals surface area contributed by atoms with Crippen LogP contribution in [0, 0.1) is 0 Å². The molecule has 0 spiro atoms. The number of rotatable bonds is 24. The van der Waals surface area contributed by atoms with E-state index < -0.39 is 0 Å². The molecule has 0 aromatic heterocycles. The van der Waals surface area contributed by atoms with Gasteiger partial charge in [0.25, 0.3) is 0 Å². The molecule has 40 heavy (non-hydrogen) atoms. The Morgan fingerprint density at radius 1 is 0.475 bits per heavy atom. The van der Waals surface area contributed by atoms with Crippen LogP contribution in [0.2, 0.25) is 0 Å². The molecular formula is C32H54O8. The molecule has 0 saturated heterocycles. The summed E-state index contributed by atoms with van der Waals surface area (Å²) >= 11 is 0. The molecule has 8 nitrogen and oxygen atoms in total. The SMILES string of the molecule is C=C(COC(C)COC(C)COC(C)COC)c1ccc(C(=C)COC(C)COC(C)COC(C)COC)cc1. The Morgan fingerprint density at radius 3 is 1.00 bits per heavy atom. The third kappa shape index (κ3) is 16.6. The molecule has 0 aliphatic rings. The van der Waals surface area contributed by atoms with Crippen LogP contribution in [0.3, 0.4) is 0 Å². The Labute approximate surface area is 242 Å². The summed E-state index contributed by atoms with van der Waals surface area (Å²) in [6, 6.07) is 8.14. The van der Waals surface area contributed by atoms with Crippen LogP contribution >= 0.6 is 0 Å². The molecule has 1 aromatic carbocycles. The summed E-state index contributed by atoms with van der Waals surface area (Å²) in [5, 5.41) is 0. The molecular weight excluding hydrogens is 512 g/mol. The Kier molecular flexibility index (Phi) is 19.2. The quantitative estimate of drug-likeness (QED) is 0.164. The normalized spacial score (nSPS) is 16.2. The van der Waals surface area contributed by atoms with Gasteiger partial charge in [-0.1, -0.05) is 37.4 Å². The van der Waals surface area contributed by atoms with Crippen molar-refractivity contribution >= 4 is 11.1 Å². The van der Waals surface area contributed by atoms with E-state index in [1.807, 2.05) is 65.8 Å². The Bertz CT molecular complexity index is 745. The van der Waals surface area contributed by atoms with Crippen molar-refractivity contribution < 1.29 is 37.9 Å². The van der Waals surface area contributed by atoms with Gasteiger partial charge < -0.3 is 37.9 Å². The molecule has 6 unspecified atom stereocenters. The molecule has 230 valence electrons. The standard InChI is InChI=1S/C32H54O8/c1-23(15-35-27(5)19-39-29(7)21-37-25(3)17-33-9)31-11-13-32(14-12-31)24(2)16-36-28(6)20-40-30(8)22-38-26(4)18-34-10/h11-14,25-30H,1-2,15-22H2,3-10H3. The zero-order valence-electron chi connectivity index (χ0n) is 26.1. The summed E-state index contributed by atoms with van der Waals surface area (Å²) in [7, 11) is 3.33. The maximum absolute atomic E-state index is 5.94. The fraction of sp³-hybridized carbons (Fsp3) is 0.688. The Hall–Kier alpha value is -1.62. The maximum Gasteiger partial charge on any atom is 0.0785 e. The molecule has 0 radical (unpaired) electrons. The van der Waals surface area contributed by atoms with Crippen LogP contribution in [0.25, 0.3) is 11.1 Å². The zero-order chi connectivity index (χ0) is 29.9. The second kappa shape index (κ2) is 21.1. The lowest BCUT2D eigenvalue weighted by Gasteiger charge is -2.20. The highest BCUT2D eigenvalue weighted by molar-refractivity contribution is 5.69. The van der Waals surface area contributed by atoms with Gasteiger partial charge in [-0.2, -0.15) is 0 Å². The first-order valence-electron chi connectivity index (χ1n) is 14.2. The second-order valence-corrected chi connectivity index (χ2v) is 10.5. The van der Waals surface area contributed by atoms with Gasteiger partial charge in [0, 0.05) is 14.2 Å². The van der Waals surface area contributed by atoms with E-state index in [0.29, 0.717) is 52.9 Å². The van der Waals surface area contributed by atoms with Gasteiger partial charge in [-0.25, -0.2) is 0 Å². The molecule has 1 rings (SSSR count). The molecule has 0 saturated carbocycles. The van der Waals surface area contributed by atoms with E-state index in [9.17, 15) is 0 Å². The van der Waals surface area contributed by atoms with Crippen LogP contribution in [0.4, 0.5) is 0 Å². The van der Waals surface area contributed by atoms with E-state index in [1.165, 1.54) is 0 Å². The third-order valence-corrected chi connectivity index (χ3v) is 6.05. The van der Waals surface area contributed by atoms with Crippen molar-refractivity contribution in [1.82, 2.24) is 0 Å². The Morgan fingerprint density at radius 2 is 0.725 bits per heavy atom. The first kappa shape index (κ1) is 36.4. The fourth-order valence-electron chi connectivity index (χ4n) is 3.55. The van der Waals surface area contributed by atoms with Crippen molar-refractivity contribution in [1.29, 1.82) is 0 Å². The maximum atomic E-state index is 5.94. The summed E-state index contributed by atoms with van der Waals surface area (Å²) in [4.78, 5) is 0. The van der Waals surface area contributed by atoms with Gasteiger partial charge in [0.05, 0.1) is 89.5 Å². The molecule has 0 bridgehead atoms. The van der Waals surface area contributed by atoms with Crippen molar-refractivity contribution in [2.75, 3.05) is 67.1 Å². The van der Waals surface area contributed by atoms with Crippen molar-refractivity contribution in [3.63, 3.8) is 0 Å². The summed E-state index contributed by atoms with van der Waals surface area (Å²) in [6.07, 6.45) is -0.0790. The summed E-state index contributed by atoms with van der Waals surface area (Å²) in [5.74, 6) is 0. The molecule has 0 N–H and O–H groups in total. The average molecular weight is 567 g/mol. The van der Waals surface area contributed by atoms with E-state index in [2.05, 4.69) is 13.2 Å². The van der Waals surface area contributed by atoms with E-state index in [4.69, 9.17) is 37.9 Å². The lowest BCUT2D eigenvalue weighted by atomic mass is 10.0. The minimum atomic E-state index is -0.0625. The first-order chi connectivity index (χ1) is 19.0. The lowest BCUT2D eigenvalue weighted by Crippen LogP contribution is -2.26. The topological polar surface area (TPSA) is 73.8 Å². The second-order valence-electron chi connectivity index (χ2n) is 10.5. The molecule has 0 fully saturated rings. The number of ether oxygens (including phenoxy) is 8. The van der Waals surface area contributed by atoms with E-state index in [1.54, 1.807) is 14.2 Å². The van der Waals surface area contributed by atoms with Gasteiger partial charge in [0.2, 0.25) is 0 Å². The predicted molar refractivity (Wildman–Crippen MR) is 161 cm³/mol. The zero-order valence-corrected chi connectivity index (χ0v) is 26.1. The van der Waals surface area contributed by atoms with Gasteiger partial charge in [0.1, 0.15) is 0 Å². The van der Waals surface area contributed by atoms with Crippen molar-refractivity contribution in [3.05, 3.63) is 48.6 Å². The van der Waals surface area contributed by atoms with Crippen LogP contribution in [0.1, 0.15) is 52.7 Å². The molecule has 0 heterocycles. The minimum Gasteiger partial charge on any atom is -0.382 e. The first-order valence-corrected chi connectivity index (χ1v) is 14.2. The smallest absolute Gasteiger partial charge is 0.0785 e. The van der Waals surface area contributed by atoms with Crippen molar-refractivity contribution in [2.45, 2.75) is 78.2 Å². The third-order valence-electron chi connectivity index (χ3n) is 6.05. The molecule has 0 aliphatic heterocycles. The summed E-state index contributed by atoms with van der Waals surface area (Å²) < 4.78 is 45.1. The lowest BCUT2D eigenvalue weighted by molar-refractivity contribution is -0.0736. The van der Waals surface area contributed by atoms with Gasteiger partial charge in [-0.15, -0.1) is 0 Å².